The lowest BCUT2D eigenvalue weighted by molar-refractivity contribution is 0.623. The van der Waals surface area contributed by atoms with Crippen LogP contribution in [0.15, 0.2) is 40.9 Å². The molecule has 4 heteroatoms. The van der Waals surface area contributed by atoms with Gasteiger partial charge in [-0.15, -0.1) is 0 Å². The fraction of sp³-hybridized carbons (Fsp3) is 0.200. The molecule has 0 aliphatic rings. The van der Waals surface area contributed by atoms with Crippen LogP contribution in [0.1, 0.15) is 22.7 Å². The molecule has 0 saturated heterocycles. The summed E-state index contributed by atoms with van der Waals surface area (Å²) in [6.07, 6.45) is 0.707. The Labute approximate surface area is 134 Å². The van der Waals surface area contributed by atoms with Crippen molar-refractivity contribution in [1.82, 2.24) is 0 Å². The molecule has 1 atom stereocenters. The Morgan fingerprint density at radius 1 is 1.26 bits per heavy atom. The monoisotopic (exact) mass is 433 g/mol. The summed E-state index contributed by atoms with van der Waals surface area (Å²) in [6, 6.07) is 10.8. The standard InChI is InChI=1S/C15H14BrFIN/c1-9-6-12(17)4-2-10(9)7-15(19)13-8-11(16)3-5-14(13)18/h2-6,8,15H,7,19H2,1H3. The molecule has 2 rings (SSSR count). The summed E-state index contributed by atoms with van der Waals surface area (Å²) in [7, 11) is 0. The molecular formula is C15H14BrFIN. The van der Waals surface area contributed by atoms with Crippen molar-refractivity contribution in [3.8, 4) is 0 Å². The third-order valence-electron chi connectivity index (χ3n) is 3.10. The zero-order valence-corrected chi connectivity index (χ0v) is 14.2. The van der Waals surface area contributed by atoms with Crippen LogP contribution in [0.4, 0.5) is 4.39 Å². The maximum Gasteiger partial charge on any atom is 0.123 e. The van der Waals surface area contributed by atoms with Gasteiger partial charge in [0.2, 0.25) is 0 Å². The summed E-state index contributed by atoms with van der Waals surface area (Å²) >= 11 is 5.75. The topological polar surface area (TPSA) is 26.0 Å². The van der Waals surface area contributed by atoms with Crippen molar-refractivity contribution in [3.63, 3.8) is 0 Å². The Morgan fingerprint density at radius 2 is 2.00 bits per heavy atom. The maximum absolute atomic E-state index is 13.1. The molecule has 2 aromatic rings. The van der Waals surface area contributed by atoms with Crippen molar-refractivity contribution in [3.05, 3.63) is 66.9 Å². The minimum atomic E-state index is -0.202. The predicted molar refractivity (Wildman–Crippen MR) is 88.6 cm³/mol. The fourth-order valence-electron chi connectivity index (χ4n) is 2.03. The Morgan fingerprint density at radius 3 is 2.68 bits per heavy atom. The lowest BCUT2D eigenvalue weighted by atomic mass is 9.97. The van der Waals surface area contributed by atoms with Crippen molar-refractivity contribution in [2.75, 3.05) is 0 Å². The second-order valence-corrected chi connectivity index (χ2v) is 6.63. The van der Waals surface area contributed by atoms with E-state index in [1.807, 2.05) is 31.2 Å². The van der Waals surface area contributed by atoms with E-state index in [0.29, 0.717) is 6.42 Å². The first-order valence-electron chi connectivity index (χ1n) is 5.93. The SMILES string of the molecule is Cc1cc(F)ccc1CC(N)c1cc(Br)ccc1I. The number of benzene rings is 2. The van der Waals surface area contributed by atoms with Gasteiger partial charge in [-0.1, -0.05) is 22.0 Å². The molecule has 0 spiro atoms. The summed E-state index contributed by atoms with van der Waals surface area (Å²) in [4.78, 5) is 0. The highest BCUT2D eigenvalue weighted by atomic mass is 127. The van der Waals surface area contributed by atoms with Gasteiger partial charge in [-0.05, 0) is 83.0 Å². The molecule has 2 N–H and O–H groups in total. The van der Waals surface area contributed by atoms with Gasteiger partial charge in [0.1, 0.15) is 5.82 Å². The van der Waals surface area contributed by atoms with Crippen LogP contribution in [0.2, 0.25) is 0 Å². The second-order valence-electron chi connectivity index (χ2n) is 4.55. The number of halogens is 3. The average Bonchev–Trinajstić information content (AvgIpc) is 2.35. The Bertz CT molecular complexity index is 601. The fourth-order valence-corrected chi connectivity index (χ4v) is 3.15. The molecule has 1 unspecified atom stereocenters. The molecule has 0 aliphatic carbocycles. The van der Waals surface area contributed by atoms with E-state index in [2.05, 4.69) is 38.5 Å². The summed E-state index contributed by atoms with van der Waals surface area (Å²) in [5.41, 5.74) is 9.43. The molecule has 0 bridgehead atoms. The number of aryl methyl sites for hydroxylation is 1. The van der Waals surface area contributed by atoms with E-state index >= 15 is 0 Å². The van der Waals surface area contributed by atoms with Crippen LogP contribution in [-0.2, 0) is 6.42 Å². The van der Waals surface area contributed by atoms with Crippen LogP contribution >= 0.6 is 38.5 Å². The van der Waals surface area contributed by atoms with Gasteiger partial charge < -0.3 is 5.73 Å². The van der Waals surface area contributed by atoms with Crippen molar-refractivity contribution in [2.24, 2.45) is 5.73 Å². The first-order chi connectivity index (χ1) is 8.97. The number of rotatable bonds is 3. The van der Waals surface area contributed by atoms with E-state index in [1.54, 1.807) is 6.07 Å². The molecule has 2 aromatic carbocycles. The van der Waals surface area contributed by atoms with Gasteiger partial charge in [0.25, 0.3) is 0 Å². The lowest BCUT2D eigenvalue weighted by Gasteiger charge is -2.16. The minimum Gasteiger partial charge on any atom is -0.324 e. The van der Waals surface area contributed by atoms with Crippen LogP contribution in [0.5, 0.6) is 0 Å². The van der Waals surface area contributed by atoms with Crippen LogP contribution in [0.3, 0.4) is 0 Å². The summed E-state index contributed by atoms with van der Waals surface area (Å²) in [5, 5.41) is 0. The summed E-state index contributed by atoms with van der Waals surface area (Å²) in [6.45, 7) is 1.91. The van der Waals surface area contributed by atoms with Gasteiger partial charge in [-0.3, -0.25) is 0 Å². The van der Waals surface area contributed by atoms with Gasteiger partial charge in [0, 0.05) is 14.1 Å². The molecule has 0 heterocycles. The third kappa shape index (κ3) is 3.77. The molecule has 100 valence electrons. The first-order valence-corrected chi connectivity index (χ1v) is 7.80. The van der Waals surface area contributed by atoms with Crippen molar-refractivity contribution in [1.29, 1.82) is 0 Å². The van der Waals surface area contributed by atoms with Gasteiger partial charge in [-0.2, -0.15) is 0 Å². The molecule has 0 aromatic heterocycles. The van der Waals surface area contributed by atoms with E-state index in [0.717, 1.165) is 24.7 Å². The summed E-state index contributed by atoms with van der Waals surface area (Å²) < 4.78 is 15.3. The molecule has 1 nitrogen and oxygen atoms in total. The summed E-state index contributed by atoms with van der Waals surface area (Å²) in [5.74, 6) is -0.202. The lowest BCUT2D eigenvalue weighted by Crippen LogP contribution is -2.15. The van der Waals surface area contributed by atoms with Crippen LogP contribution in [0.25, 0.3) is 0 Å². The highest BCUT2D eigenvalue weighted by molar-refractivity contribution is 14.1. The molecule has 19 heavy (non-hydrogen) atoms. The quantitative estimate of drug-likeness (QED) is 0.695. The largest absolute Gasteiger partial charge is 0.324 e. The van der Waals surface area contributed by atoms with Gasteiger partial charge in [-0.25, -0.2) is 4.39 Å². The highest BCUT2D eigenvalue weighted by Crippen LogP contribution is 2.26. The number of nitrogens with two attached hydrogens (primary N) is 1. The zero-order valence-electron chi connectivity index (χ0n) is 10.5. The van der Waals surface area contributed by atoms with E-state index in [-0.39, 0.29) is 11.9 Å². The van der Waals surface area contributed by atoms with Gasteiger partial charge in [0.05, 0.1) is 0 Å². The molecule has 0 fully saturated rings. The van der Waals surface area contributed by atoms with Crippen LogP contribution in [0, 0.1) is 16.3 Å². The van der Waals surface area contributed by atoms with Crippen LogP contribution in [-0.4, -0.2) is 0 Å². The Kier molecular flexibility index (Phi) is 4.97. The first kappa shape index (κ1) is 14.9. The third-order valence-corrected chi connectivity index (χ3v) is 4.58. The van der Waals surface area contributed by atoms with Crippen molar-refractivity contribution >= 4 is 38.5 Å². The number of hydrogen-bond acceptors (Lipinski definition) is 1. The molecule has 0 amide bonds. The highest BCUT2D eigenvalue weighted by Gasteiger charge is 2.12. The second kappa shape index (κ2) is 6.33. The van der Waals surface area contributed by atoms with Gasteiger partial charge >= 0.3 is 0 Å². The average molecular weight is 434 g/mol. The minimum absolute atomic E-state index is 0.0893. The van der Waals surface area contributed by atoms with Crippen molar-refractivity contribution in [2.45, 2.75) is 19.4 Å². The Balaban J connectivity index is 2.25. The van der Waals surface area contributed by atoms with Crippen molar-refractivity contribution < 1.29 is 4.39 Å². The zero-order chi connectivity index (χ0) is 14.0. The van der Waals surface area contributed by atoms with E-state index in [1.165, 1.54) is 6.07 Å². The molecular weight excluding hydrogens is 420 g/mol. The van der Waals surface area contributed by atoms with Crippen LogP contribution < -0.4 is 5.73 Å². The predicted octanol–water partition coefficient (Wildman–Crippen LogP) is 4.74. The van der Waals surface area contributed by atoms with E-state index < -0.39 is 0 Å². The van der Waals surface area contributed by atoms with E-state index in [9.17, 15) is 4.39 Å². The van der Waals surface area contributed by atoms with E-state index in [4.69, 9.17) is 5.73 Å². The number of hydrogen-bond donors (Lipinski definition) is 1. The maximum atomic E-state index is 13.1. The molecule has 0 aliphatic heterocycles. The molecule has 0 radical (unpaired) electrons. The Hall–Kier alpha value is -0.460. The smallest absolute Gasteiger partial charge is 0.123 e. The van der Waals surface area contributed by atoms with Gasteiger partial charge in [0.15, 0.2) is 0 Å². The molecule has 0 saturated carbocycles. The normalized spacial score (nSPS) is 12.5.